The summed E-state index contributed by atoms with van der Waals surface area (Å²) in [5.74, 6) is -0.293. The molecule has 0 aliphatic heterocycles. The number of pyridine rings is 1. The average Bonchev–Trinajstić information content (AvgIpc) is 2.54. The minimum Gasteiger partial charge on any atom is -0.452 e. The molecule has 1 heterocycles. The quantitative estimate of drug-likeness (QED) is 0.882. The summed E-state index contributed by atoms with van der Waals surface area (Å²) in [7, 11) is 2.91. The molecule has 0 fully saturated rings. The van der Waals surface area contributed by atoms with Gasteiger partial charge in [0.25, 0.3) is 5.91 Å². The van der Waals surface area contributed by atoms with E-state index in [4.69, 9.17) is 11.6 Å². The van der Waals surface area contributed by atoms with E-state index in [1.165, 1.54) is 18.2 Å². The van der Waals surface area contributed by atoms with E-state index in [-0.39, 0.29) is 5.91 Å². The molecule has 2 aromatic rings. The summed E-state index contributed by atoms with van der Waals surface area (Å²) in [6, 6.07) is 9.92. The third kappa shape index (κ3) is 3.73. The lowest BCUT2D eigenvalue weighted by atomic mass is 10.2. The smallest absolute Gasteiger partial charge is 0.413 e. The minimum atomic E-state index is -0.468. The van der Waals surface area contributed by atoms with Crippen LogP contribution >= 0.6 is 11.6 Å². The van der Waals surface area contributed by atoms with E-state index in [0.717, 1.165) is 0 Å². The number of anilines is 2. The lowest BCUT2D eigenvalue weighted by Gasteiger charge is -2.15. The fourth-order valence-corrected chi connectivity index (χ4v) is 1.84. The van der Waals surface area contributed by atoms with Crippen LogP contribution in [-0.2, 0) is 4.74 Å². The van der Waals surface area contributed by atoms with Gasteiger partial charge in [-0.1, -0.05) is 11.6 Å². The predicted molar refractivity (Wildman–Crippen MR) is 84.5 cm³/mol. The number of halogens is 1. The summed E-state index contributed by atoms with van der Waals surface area (Å²) in [5.41, 5.74) is 1.65. The monoisotopic (exact) mass is 319 g/mol. The van der Waals surface area contributed by atoms with Gasteiger partial charge in [-0.2, -0.15) is 0 Å². The molecule has 0 unspecified atom stereocenters. The fourth-order valence-electron chi connectivity index (χ4n) is 1.72. The van der Waals surface area contributed by atoms with E-state index in [0.29, 0.717) is 22.1 Å². The number of rotatable bonds is 3. The van der Waals surface area contributed by atoms with Crippen molar-refractivity contribution < 1.29 is 14.3 Å². The van der Waals surface area contributed by atoms with Crippen molar-refractivity contribution in [3.63, 3.8) is 0 Å². The highest BCUT2D eigenvalue weighted by atomic mass is 35.5. The van der Waals surface area contributed by atoms with Crippen molar-refractivity contribution in [1.29, 1.82) is 0 Å². The molecule has 6 nitrogen and oxygen atoms in total. The van der Waals surface area contributed by atoms with Crippen LogP contribution < -0.4 is 10.2 Å². The number of carbonyl (C=O) groups is 2. The van der Waals surface area contributed by atoms with Crippen LogP contribution in [0, 0.1) is 0 Å². The minimum absolute atomic E-state index is 0.293. The zero-order valence-corrected chi connectivity index (χ0v) is 12.8. The Balaban J connectivity index is 2.06. The molecule has 2 rings (SSSR count). The second kappa shape index (κ2) is 6.91. The molecule has 0 bridgehead atoms. The third-order valence-corrected chi connectivity index (χ3v) is 3.17. The Morgan fingerprint density at radius 2 is 1.86 bits per heavy atom. The van der Waals surface area contributed by atoms with Crippen LogP contribution in [0.2, 0.25) is 5.15 Å². The van der Waals surface area contributed by atoms with Gasteiger partial charge in [-0.15, -0.1) is 0 Å². The van der Waals surface area contributed by atoms with Crippen LogP contribution in [0.4, 0.5) is 16.2 Å². The molecular formula is C15H14ClN3O3. The van der Waals surface area contributed by atoms with Crippen LogP contribution in [0.15, 0.2) is 42.6 Å². The number of hydrogen-bond acceptors (Lipinski definition) is 4. The number of hydrogen-bond donors (Lipinski definition) is 1. The number of benzene rings is 1. The molecule has 2 amide bonds. The molecule has 1 N–H and O–H groups in total. The largest absolute Gasteiger partial charge is 0.452 e. The first kappa shape index (κ1) is 15.8. The molecule has 0 aliphatic carbocycles. The molecule has 0 saturated carbocycles. The van der Waals surface area contributed by atoms with Gasteiger partial charge >= 0.3 is 6.09 Å². The van der Waals surface area contributed by atoms with E-state index >= 15 is 0 Å². The van der Waals surface area contributed by atoms with Crippen molar-refractivity contribution in [1.82, 2.24) is 4.98 Å². The highest BCUT2D eigenvalue weighted by Crippen LogP contribution is 2.18. The summed E-state index contributed by atoms with van der Waals surface area (Å²) in [6.07, 6.45) is 0.931. The van der Waals surface area contributed by atoms with Gasteiger partial charge in [0.15, 0.2) is 0 Å². The Kier molecular flexibility index (Phi) is 4.95. The average molecular weight is 320 g/mol. The number of aromatic nitrogens is 1. The third-order valence-electron chi connectivity index (χ3n) is 2.95. The molecule has 22 heavy (non-hydrogen) atoms. The zero-order chi connectivity index (χ0) is 16.1. The number of carbonyl (C=O) groups excluding carboxylic acids is 2. The maximum absolute atomic E-state index is 12.0. The second-order valence-corrected chi connectivity index (χ2v) is 4.79. The van der Waals surface area contributed by atoms with Gasteiger partial charge in [0.2, 0.25) is 0 Å². The molecule has 114 valence electrons. The fraction of sp³-hybridized carbons (Fsp3) is 0.133. The van der Waals surface area contributed by atoms with Crippen molar-refractivity contribution in [2.24, 2.45) is 0 Å². The summed E-state index contributed by atoms with van der Waals surface area (Å²) in [5, 5.41) is 3.06. The predicted octanol–water partition coefficient (Wildman–Crippen LogP) is 3.19. The van der Waals surface area contributed by atoms with Gasteiger partial charge in [0, 0.05) is 24.6 Å². The molecule has 1 aromatic carbocycles. The molecule has 0 aliphatic rings. The molecule has 0 saturated heterocycles. The molecular weight excluding hydrogens is 306 g/mol. The Hall–Kier alpha value is -2.60. The molecule has 7 heteroatoms. The summed E-state index contributed by atoms with van der Waals surface area (Å²) in [6.45, 7) is 0. The van der Waals surface area contributed by atoms with E-state index in [1.54, 1.807) is 43.4 Å². The molecule has 0 spiro atoms. The maximum atomic E-state index is 12.0. The first-order valence-electron chi connectivity index (χ1n) is 6.36. The van der Waals surface area contributed by atoms with Crippen LogP contribution in [-0.4, -0.2) is 31.1 Å². The lowest BCUT2D eigenvalue weighted by molar-refractivity contribution is 0.102. The van der Waals surface area contributed by atoms with Gasteiger partial charge in [-0.05, 0) is 36.4 Å². The van der Waals surface area contributed by atoms with E-state index < -0.39 is 6.09 Å². The van der Waals surface area contributed by atoms with Gasteiger partial charge in [0.05, 0.1) is 12.7 Å². The Morgan fingerprint density at radius 3 is 2.41 bits per heavy atom. The first-order valence-corrected chi connectivity index (χ1v) is 6.73. The number of amides is 2. The Morgan fingerprint density at radius 1 is 1.18 bits per heavy atom. The van der Waals surface area contributed by atoms with Gasteiger partial charge in [-0.3, -0.25) is 9.69 Å². The highest BCUT2D eigenvalue weighted by Gasteiger charge is 2.11. The standard InChI is InChI=1S/C15H14ClN3O3/c1-19(15(21)22-2)12-6-4-11(5-7-12)18-14(20)10-3-8-13(16)17-9-10/h3-9H,1-2H3,(H,18,20). The molecule has 0 radical (unpaired) electrons. The maximum Gasteiger partial charge on any atom is 0.413 e. The summed E-state index contributed by atoms with van der Waals surface area (Å²) >= 11 is 5.68. The van der Waals surface area contributed by atoms with Crippen molar-refractivity contribution in [2.75, 3.05) is 24.4 Å². The normalized spacial score (nSPS) is 9.95. The first-order chi connectivity index (χ1) is 10.5. The molecule has 0 atom stereocenters. The van der Waals surface area contributed by atoms with Gasteiger partial charge in [0.1, 0.15) is 5.15 Å². The van der Waals surface area contributed by atoms with E-state index in [2.05, 4.69) is 15.0 Å². The second-order valence-electron chi connectivity index (χ2n) is 4.40. The van der Waals surface area contributed by atoms with E-state index in [1.807, 2.05) is 0 Å². The Labute approximate surface area is 132 Å². The highest BCUT2D eigenvalue weighted by molar-refractivity contribution is 6.29. The van der Waals surface area contributed by atoms with Crippen LogP contribution in [0.1, 0.15) is 10.4 Å². The van der Waals surface area contributed by atoms with Crippen molar-refractivity contribution >= 4 is 35.0 Å². The Bertz CT molecular complexity index is 671. The number of methoxy groups -OCH3 is 1. The van der Waals surface area contributed by atoms with Crippen LogP contribution in [0.5, 0.6) is 0 Å². The summed E-state index contributed by atoms with van der Waals surface area (Å²) in [4.78, 5) is 28.6. The number of nitrogens with one attached hydrogen (secondary N) is 1. The van der Waals surface area contributed by atoms with Crippen LogP contribution in [0.25, 0.3) is 0 Å². The van der Waals surface area contributed by atoms with Crippen LogP contribution in [0.3, 0.4) is 0 Å². The summed E-state index contributed by atoms with van der Waals surface area (Å²) < 4.78 is 4.63. The van der Waals surface area contributed by atoms with Gasteiger partial charge in [-0.25, -0.2) is 9.78 Å². The lowest BCUT2D eigenvalue weighted by Crippen LogP contribution is -2.25. The number of nitrogens with zero attached hydrogens (tertiary/aromatic N) is 2. The van der Waals surface area contributed by atoms with Gasteiger partial charge < -0.3 is 10.1 Å². The van der Waals surface area contributed by atoms with Crippen molar-refractivity contribution in [3.05, 3.63) is 53.3 Å². The zero-order valence-electron chi connectivity index (χ0n) is 12.0. The van der Waals surface area contributed by atoms with Crippen molar-refractivity contribution in [2.45, 2.75) is 0 Å². The van der Waals surface area contributed by atoms with E-state index in [9.17, 15) is 9.59 Å². The topological polar surface area (TPSA) is 71.5 Å². The SMILES string of the molecule is COC(=O)N(C)c1ccc(NC(=O)c2ccc(Cl)nc2)cc1. The van der Waals surface area contributed by atoms with Crippen molar-refractivity contribution in [3.8, 4) is 0 Å². The molecule has 1 aromatic heterocycles. The number of ether oxygens (including phenoxy) is 1.